The van der Waals surface area contributed by atoms with E-state index >= 15 is 0 Å². The predicted octanol–water partition coefficient (Wildman–Crippen LogP) is 2.45. The molecule has 112 valence electrons. The molecular formula is C12H18BrN3O2S2. The van der Waals surface area contributed by atoms with Crippen LogP contribution >= 0.6 is 27.7 Å². The summed E-state index contributed by atoms with van der Waals surface area (Å²) in [4.78, 5) is 4.28. The van der Waals surface area contributed by atoms with E-state index in [0.717, 1.165) is 19.3 Å². The summed E-state index contributed by atoms with van der Waals surface area (Å²) in [6.07, 6.45) is 6.61. The molecule has 0 saturated heterocycles. The Kier molecular flexibility index (Phi) is 5.33. The Bertz CT molecular complexity index is 580. The molecule has 1 aromatic heterocycles. The standard InChI is InChI=1S/C12H18BrN3O2S2/c1-14-12-11(6-8(13)7-15-12)20(17,18)16-9-4-3-5-10(9)19-2/h6-7,9-10,16H,3-5H2,1-2H3,(H,14,15). The Morgan fingerprint density at radius 2 is 2.20 bits per heavy atom. The Labute approximate surface area is 132 Å². The number of aromatic nitrogens is 1. The molecule has 1 aliphatic rings. The van der Waals surface area contributed by atoms with Gasteiger partial charge in [-0.25, -0.2) is 18.1 Å². The zero-order valence-corrected chi connectivity index (χ0v) is 14.6. The normalized spacial score (nSPS) is 22.9. The fourth-order valence-corrected chi connectivity index (χ4v) is 5.42. The number of nitrogens with one attached hydrogen (secondary N) is 2. The Balaban J connectivity index is 2.28. The molecule has 1 aromatic rings. The molecule has 0 bridgehead atoms. The zero-order chi connectivity index (χ0) is 14.8. The second-order valence-corrected chi connectivity index (χ2v) is 8.36. The number of sulfonamides is 1. The van der Waals surface area contributed by atoms with Crippen molar-refractivity contribution < 1.29 is 8.42 Å². The molecular weight excluding hydrogens is 362 g/mol. The van der Waals surface area contributed by atoms with Crippen molar-refractivity contribution in [3.63, 3.8) is 0 Å². The highest BCUT2D eigenvalue weighted by atomic mass is 79.9. The van der Waals surface area contributed by atoms with Gasteiger partial charge in [-0.2, -0.15) is 11.8 Å². The van der Waals surface area contributed by atoms with Gasteiger partial charge in [-0.3, -0.25) is 0 Å². The maximum atomic E-state index is 12.6. The van der Waals surface area contributed by atoms with E-state index in [1.807, 2.05) is 6.26 Å². The van der Waals surface area contributed by atoms with Crippen LogP contribution in [-0.2, 0) is 10.0 Å². The summed E-state index contributed by atoms with van der Waals surface area (Å²) >= 11 is 4.99. The highest BCUT2D eigenvalue weighted by molar-refractivity contribution is 9.10. The lowest BCUT2D eigenvalue weighted by Crippen LogP contribution is -2.38. The van der Waals surface area contributed by atoms with Crippen LogP contribution in [0.1, 0.15) is 19.3 Å². The minimum absolute atomic E-state index is 0.00122. The molecule has 2 atom stereocenters. The van der Waals surface area contributed by atoms with Gasteiger partial charge in [-0.05, 0) is 41.1 Å². The average molecular weight is 380 g/mol. The Hall–Kier alpha value is -0.310. The summed E-state index contributed by atoms with van der Waals surface area (Å²) in [7, 11) is -1.91. The van der Waals surface area contributed by atoms with Gasteiger partial charge >= 0.3 is 0 Å². The number of pyridine rings is 1. The van der Waals surface area contributed by atoms with Crippen LogP contribution in [0.25, 0.3) is 0 Å². The molecule has 0 radical (unpaired) electrons. The Morgan fingerprint density at radius 3 is 2.85 bits per heavy atom. The van der Waals surface area contributed by atoms with Crippen LogP contribution in [0, 0.1) is 0 Å². The van der Waals surface area contributed by atoms with Gasteiger partial charge in [0.15, 0.2) is 0 Å². The third-order valence-electron chi connectivity index (χ3n) is 3.41. The zero-order valence-electron chi connectivity index (χ0n) is 11.4. The fourth-order valence-electron chi connectivity index (χ4n) is 2.42. The maximum Gasteiger partial charge on any atom is 0.244 e. The highest BCUT2D eigenvalue weighted by Gasteiger charge is 2.31. The van der Waals surface area contributed by atoms with Crippen LogP contribution in [0.4, 0.5) is 5.82 Å². The number of anilines is 1. The lowest BCUT2D eigenvalue weighted by Gasteiger charge is -2.20. The van der Waals surface area contributed by atoms with E-state index in [-0.39, 0.29) is 10.9 Å². The summed E-state index contributed by atoms with van der Waals surface area (Å²) in [6, 6.07) is 1.57. The van der Waals surface area contributed by atoms with Gasteiger partial charge in [0.2, 0.25) is 10.0 Å². The van der Waals surface area contributed by atoms with Crippen molar-refractivity contribution in [1.29, 1.82) is 0 Å². The lowest BCUT2D eigenvalue weighted by molar-refractivity contribution is 0.555. The van der Waals surface area contributed by atoms with E-state index in [4.69, 9.17) is 0 Å². The van der Waals surface area contributed by atoms with Crippen molar-refractivity contribution in [1.82, 2.24) is 9.71 Å². The summed E-state index contributed by atoms with van der Waals surface area (Å²) in [5.74, 6) is 0.361. The molecule has 0 aromatic carbocycles. The van der Waals surface area contributed by atoms with Crippen molar-refractivity contribution in [3.05, 3.63) is 16.7 Å². The van der Waals surface area contributed by atoms with E-state index in [2.05, 4.69) is 31.0 Å². The first-order valence-corrected chi connectivity index (χ1v) is 9.92. The van der Waals surface area contributed by atoms with Crippen LogP contribution in [-0.4, -0.2) is 38.0 Å². The van der Waals surface area contributed by atoms with E-state index in [9.17, 15) is 8.42 Å². The van der Waals surface area contributed by atoms with Crippen molar-refractivity contribution in [3.8, 4) is 0 Å². The van der Waals surface area contributed by atoms with Crippen molar-refractivity contribution >= 4 is 43.5 Å². The number of thioether (sulfide) groups is 1. The molecule has 2 unspecified atom stereocenters. The number of hydrogen-bond donors (Lipinski definition) is 2. The molecule has 8 heteroatoms. The summed E-state index contributed by atoms with van der Waals surface area (Å²) in [5.41, 5.74) is 0. The SMILES string of the molecule is CNc1ncc(Br)cc1S(=O)(=O)NC1CCCC1SC. The van der Waals surface area contributed by atoms with Gasteiger partial charge < -0.3 is 5.32 Å². The maximum absolute atomic E-state index is 12.6. The number of hydrogen-bond acceptors (Lipinski definition) is 5. The van der Waals surface area contributed by atoms with E-state index in [0.29, 0.717) is 15.5 Å². The minimum Gasteiger partial charge on any atom is -0.372 e. The van der Waals surface area contributed by atoms with Gasteiger partial charge in [-0.1, -0.05) is 6.42 Å². The van der Waals surface area contributed by atoms with Crippen LogP contribution in [0.15, 0.2) is 21.6 Å². The predicted molar refractivity (Wildman–Crippen MR) is 86.7 cm³/mol. The molecule has 2 N–H and O–H groups in total. The molecule has 20 heavy (non-hydrogen) atoms. The molecule has 1 saturated carbocycles. The first-order valence-electron chi connectivity index (χ1n) is 6.36. The summed E-state index contributed by atoms with van der Waals surface area (Å²) < 4.78 is 28.6. The van der Waals surface area contributed by atoms with Gasteiger partial charge in [0.25, 0.3) is 0 Å². The quantitative estimate of drug-likeness (QED) is 0.821. The second-order valence-electron chi connectivity index (χ2n) is 4.68. The van der Waals surface area contributed by atoms with Gasteiger partial charge in [0, 0.05) is 29.0 Å². The number of halogens is 1. The molecule has 1 aliphatic carbocycles. The molecule has 1 heterocycles. The van der Waals surface area contributed by atoms with Crippen molar-refractivity contribution in [2.75, 3.05) is 18.6 Å². The van der Waals surface area contributed by atoms with Crippen LogP contribution < -0.4 is 10.0 Å². The van der Waals surface area contributed by atoms with Crippen LogP contribution in [0.5, 0.6) is 0 Å². The lowest BCUT2D eigenvalue weighted by atomic mass is 10.3. The average Bonchev–Trinajstić information content (AvgIpc) is 2.85. The molecule has 0 spiro atoms. The summed E-state index contributed by atoms with van der Waals surface area (Å²) in [6.45, 7) is 0. The number of nitrogens with zero attached hydrogens (tertiary/aromatic N) is 1. The van der Waals surface area contributed by atoms with Crippen LogP contribution in [0.3, 0.4) is 0 Å². The van der Waals surface area contributed by atoms with Gasteiger partial charge in [0.05, 0.1) is 0 Å². The van der Waals surface area contributed by atoms with Crippen molar-refractivity contribution in [2.24, 2.45) is 0 Å². The number of rotatable bonds is 5. The second kappa shape index (κ2) is 6.64. The van der Waals surface area contributed by atoms with E-state index < -0.39 is 10.0 Å². The first kappa shape index (κ1) is 16.1. The van der Waals surface area contributed by atoms with Crippen LogP contribution in [0.2, 0.25) is 0 Å². The van der Waals surface area contributed by atoms with Gasteiger partial charge in [0.1, 0.15) is 10.7 Å². The summed E-state index contributed by atoms with van der Waals surface area (Å²) in [5, 5.41) is 3.17. The topological polar surface area (TPSA) is 71.1 Å². The molecule has 0 amide bonds. The van der Waals surface area contributed by atoms with E-state index in [1.54, 1.807) is 31.1 Å². The Morgan fingerprint density at radius 1 is 1.45 bits per heavy atom. The van der Waals surface area contributed by atoms with Crippen molar-refractivity contribution in [2.45, 2.75) is 35.4 Å². The highest BCUT2D eigenvalue weighted by Crippen LogP contribution is 2.30. The van der Waals surface area contributed by atoms with Gasteiger partial charge in [-0.15, -0.1) is 0 Å². The molecule has 5 nitrogen and oxygen atoms in total. The minimum atomic E-state index is -3.57. The largest absolute Gasteiger partial charge is 0.372 e. The van der Waals surface area contributed by atoms with E-state index in [1.165, 1.54) is 0 Å². The monoisotopic (exact) mass is 379 g/mol. The third kappa shape index (κ3) is 3.47. The molecule has 2 rings (SSSR count). The molecule has 1 fully saturated rings. The third-order valence-corrected chi connectivity index (χ3v) is 6.51. The fraction of sp³-hybridized carbons (Fsp3) is 0.583. The first-order chi connectivity index (χ1) is 9.47. The smallest absolute Gasteiger partial charge is 0.244 e. The molecule has 0 aliphatic heterocycles.